The Bertz CT molecular complexity index is 644. The van der Waals surface area contributed by atoms with Gasteiger partial charge in [-0.25, -0.2) is 4.98 Å². The van der Waals surface area contributed by atoms with Gasteiger partial charge in [0.2, 0.25) is 5.91 Å². The number of rotatable bonds is 2. The second-order valence-corrected chi connectivity index (χ2v) is 5.26. The fourth-order valence-electron chi connectivity index (χ4n) is 2.75. The third kappa shape index (κ3) is 1.73. The first-order chi connectivity index (χ1) is 9.34. The van der Waals surface area contributed by atoms with Crippen molar-refractivity contribution in [3.05, 3.63) is 35.9 Å². The number of hydrogen-bond donors (Lipinski definition) is 2. The van der Waals surface area contributed by atoms with E-state index >= 15 is 0 Å². The van der Waals surface area contributed by atoms with Crippen LogP contribution in [0.1, 0.15) is 36.3 Å². The molecule has 0 aromatic carbocycles. The van der Waals surface area contributed by atoms with Crippen LogP contribution in [0, 0.1) is 0 Å². The van der Waals surface area contributed by atoms with E-state index in [1.807, 2.05) is 24.4 Å². The molecule has 5 nitrogen and oxygen atoms in total. The van der Waals surface area contributed by atoms with Gasteiger partial charge in [0.15, 0.2) is 0 Å². The molecule has 1 atom stereocenters. The largest absolute Gasteiger partial charge is 0.353 e. The smallest absolute Gasteiger partial charge is 0.243 e. The molecule has 98 valence electrons. The number of nitrogens with one attached hydrogen (secondary N) is 2. The number of carbonyl (C=O) groups excluding carboxylic acids is 1. The molecule has 1 saturated carbocycles. The normalized spacial score (nSPS) is 23.6. The minimum absolute atomic E-state index is 0.0254. The van der Waals surface area contributed by atoms with Crippen molar-refractivity contribution < 1.29 is 4.79 Å². The van der Waals surface area contributed by atoms with E-state index in [1.165, 1.54) is 12.8 Å². The summed E-state index contributed by atoms with van der Waals surface area (Å²) in [5.41, 5.74) is 1.90. The number of carbonyl (C=O) groups is 1. The lowest BCUT2D eigenvalue weighted by molar-refractivity contribution is -0.124. The second-order valence-electron chi connectivity index (χ2n) is 5.26. The third-order valence-corrected chi connectivity index (χ3v) is 3.85. The quantitative estimate of drug-likeness (QED) is 0.842. The van der Waals surface area contributed by atoms with Crippen molar-refractivity contribution in [2.24, 2.45) is 0 Å². The van der Waals surface area contributed by atoms with Gasteiger partial charge in [-0.1, -0.05) is 6.07 Å². The van der Waals surface area contributed by atoms with E-state index in [0.717, 1.165) is 23.6 Å². The lowest BCUT2D eigenvalue weighted by Crippen LogP contribution is -2.47. The Hall–Kier alpha value is -1.88. The highest BCUT2D eigenvalue weighted by Crippen LogP contribution is 2.40. The van der Waals surface area contributed by atoms with E-state index in [2.05, 4.69) is 15.0 Å². The molecule has 3 heterocycles. The molecule has 1 aliphatic carbocycles. The number of nitrogens with zero attached hydrogens (tertiary/aromatic N) is 2. The first-order valence-electron chi connectivity index (χ1n) is 6.82. The summed E-state index contributed by atoms with van der Waals surface area (Å²) < 4.78 is 2.14. The van der Waals surface area contributed by atoms with Crippen LogP contribution in [0.5, 0.6) is 0 Å². The first-order valence-corrected chi connectivity index (χ1v) is 6.82. The van der Waals surface area contributed by atoms with Crippen LogP contribution in [-0.2, 0) is 4.79 Å². The van der Waals surface area contributed by atoms with E-state index < -0.39 is 0 Å². The first kappa shape index (κ1) is 11.0. The zero-order valence-electron chi connectivity index (χ0n) is 10.6. The monoisotopic (exact) mass is 256 g/mol. The van der Waals surface area contributed by atoms with Gasteiger partial charge in [-0.3, -0.25) is 10.1 Å². The molecule has 2 fully saturated rings. The second kappa shape index (κ2) is 4.06. The molecular weight excluding hydrogens is 240 g/mol. The van der Waals surface area contributed by atoms with Gasteiger partial charge in [-0.05, 0) is 25.0 Å². The molecule has 4 rings (SSSR count). The van der Waals surface area contributed by atoms with Crippen LogP contribution in [0.25, 0.3) is 5.52 Å². The highest BCUT2D eigenvalue weighted by molar-refractivity contribution is 5.85. The molecule has 19 heavy (non-hydrogen) atoms. The Morgan fingerprint density at radius 3 is 2.95 bits per heavy atom. The number of aromatic nitrogens is 2. The molecule has 1 saturated heterocycles. The number of pyridine rings is 1. The molecule has 2 N–H and O–H groups in total. The Balaban J connectivity index is 1.86. The van der Waals surface area contributed by atoms with E-state index in [9.17, 15) is 4.79 Å². The van der Waals surface area contributed by atoms with Crippen molar-refractivity contribution in [3.8, 4) is 0 Å². The van der Waals surface area contributed by atoms with Crippen LogP contribution < -0.4 is 10.6 Å². The van der Waals surface area contributed by atoms with Gasteiger partial charge in [0.1, 0.15) is 11.9 Å². The predicted octanol–water partition coefficient (Wildman–Crippen LogP) is 0.972. The number of piperazine rings is 1. The fourth-order valence-corrected chi connectivity index (χ4v) is 2.75. The maximum absolute atomic E-state index is 12.0. The summed E-state index contributed by atoms with van der Waals surface area (Å²) in [6.07, 6.45) is 4.45. The number of imidazole rings is 1. The highest BCUT2D eigenvalue weighted by Gasteiger charge is 2.33. The van der Waals surface area contributed by atoms with E-state index in [-0.39, 0.29) is 11.9 Å². The topological polar surface area (TPSA) is 58.4 Å². The zero-order valence-corrected chi connectivity index (χ0v) is 10.6. The van der Waals surface area contributed by atoms with Crippen molar-refractivity contribution in [1.82, 2.24) is 20.0 Å². The highest BCUT2D eigenvalue weighted by atomic mass is 16.2. The van der Waals surface area contributed by atoms with Crippen LogP contribution in [0.15, 0.2) is 24.4 Å². The minimum atomic E-state index is -0.321. The van der Waals surface area contributed by atoms with Crippen molar-refractivity contribution >= 4 is 11.4 Å². The maximum atomic E-state index is 12.0. The predicted molar refractivity (Wildman–Crippen MR) is 70.9 cm³/mol. The molecular formula is C14H16N4O. The Kier molecular flexibility index (Phi) is 2.35. The minimum Gasteiger partial charge on any atom is -0.353 e. The summed E-state index contributed by atoms with van der Waals surface area (Å²) in [7, 11) is 0. The Labute approximate surface area is 111 Å². The number of fused-ring (bicyclic) bond motifs is 1. The maximum Gasteiger partial charge on any atom is 0.243 e. The van der Waals surface area contributed by atoms with Crippen molar-refractivity contribution in [2.45, 2.75) is 24.8 Å². The SMILES string of the molecule is O=C1NCCNC1c1nc(C2CC2)n2ccccc12. The molecule has 2 aromatic heterocycles. The third-order valence-electron chi connectivity index (χ3n) is 3.85. The molecule has 1 amide bonds. The summed E-state index contributed by atoms with van der Waals surface area (Å²) in [5.74, 6) is 1.69. The van der Waals surface area contributed by atoms with Crippen LogP contribution >= 0.6 is 0 Å². The van der Waals surface area contributed by atoms with Gasteiger partial charge in [0.05, 0.1) is 11.2 Å². The van der Waals surface area contributed by atoms with E-state index in [0.29, 0.717) is 12.5 Å². The molecule has 0 radical (unpaired) electrons. The average Bonchev–Trinajstić information content (AvgIpc) is 3.21. The van der Waals surface area contributed by atoms with Crippen molar-refractivity contribution in [2.75, 3.05) is 13.1 Å². The molecule has 5 heteroatoms. The van der Waals surface area contributed by atoms with Crippen LogP contribution in [0.4, 0.5) is 0 Å². The van der Waals surface area contributed by atoms with Crippen molar-refractivity contribution in [3.63, 3.8) is 0 Å². The van der Waals surface area contributed by atoms with Gasteiger partial charge < -0.3 is 9.72 Å². The summed E-state index contributed by atoms with van der Waals surface area (Å²) in [4.78, 5) is 16.8. The van der Waals surface area contributed by atoms with Gasteiger partial charge in [-0.2, -0.15) is 0 Å². The molecule has 0 bridgehead atoms. The summed E-state index contributed by atoms with van der Waals surface area (Å²) in [6, 6.07) is 5.73. The number of amides is 1. The lowest BCUT2D eigenvalue weighted by atomic mass is 10.1. The average molecular weight is 256 g/mol. The van der Waals surface area contributed by atoms with Crippen LogP contribution in [-0.4, -0.2) is 28.4 Å². The number of hydrogen-bond acceptors (Lipinski definition) is 3. The van der Waals surface area contributed by atoms with Gasteiger partial charge in [0, 0.05) is 25.2 Å². The fraction of sp³-hybridized carbons (Fsp3) is 0.429. The molecule has 1 aliphatic heterocycles. The molecule has 2 aliphatic rings. The van der Waals surface area contributed by atoms with E-state index in [1.54, 1.807) is 0 Å². The van der Waals surface area contributed by atoms with E-state index in [4.69, 9.17) is 4.98 Å². The summed E-state index contributed by atoms with van der Waals surface area (Å²) in [5, 5.41) is 6.16. The Morgan fingerprint density at radius 1 is 1.26 bits per heavy atom. The zero-order chi connectivity index (χ0) is 12.8. The molecule has 1 unspecified atom stereocenters. The molecule has 2 aromatic rings. The standard InChI is InChI=1S/C14H16N4O/c19-14-12(15-6-7-16-14)11-10-3-1-2-8-18(10)13(17-11)9-4-5-9/h1-3,8-9,12,15H,4-7H2,(H,16,19). The summed E-state index contributed by atoms with van der Waals surface area (Å²) >= 11 is 0. The van der Waals surface area contributed by atoms with Crippen molar-refractivity contribution in [1.29, 1.82) is 0 Å². The summed E-state index contributed by atoms with van der Waals surface area (Å²) in [6.45, 7) is 1.48. The lowest BCUT2D eigenvalue weighted by Gasteiger charge is -2.22. The van der Waals surface area contributed by atoms with Gasteiger partial charge in [0.25, 0.3) is 0 Å². The van der Waals surface area contributed by atoms with Gasteiger partial charge in [-0.15, -0.1) is 0 Å². The van der Waals surface area contributed by atoms with Crippen LogP contribution in [0.2, 0.25) is 0 Å². The Morgan fingerprint density at radius 2 is 2.16 bits per heavy atom. The molecule has 0 spiro atoms. The van der Waals surface area contributed by atoms with Crippen LogP contribution in [0.3, 0.4) is 0 Å². The van der Waals surface area contributed by atoms with Gasteiger partial charge >= 0.3 is 0 Å².